The number of benzene rings is 2. The van der Waals surface area contributed by atoms with E-state index in [2.05, 4.69) is 21.7 Å². The second-order valence-corrected chi connectivity index (χ2v) is 9.09. The van der Waals surface area contributed by atoms with Crippen LogP contribution < -0.4 is 9.47 Å². The van der Waals surface area contributed by atoms with E-state index in [9.17, 15) is 5.11 Å². The standard InChI is InChI=1S/C29H33FN2O3/c1-34-24-7-3-5-21(17-24)6-4-15-32-16-13-22(23(19-32)20-33)8-10-28(30)26-12-14-31-29-11-9-25(35-2)18-27(26)29/h3,5,7,9,11-12,14,17-18,22-23,28,33H,8,10,13,15-16,19-20H2,1-2H3/t22-,23-,28+/m1/s1. The fourth-order valence-corrected chi connectivity index (χ4v) is 4.90. The fraction of sp³-hybridized carbons (Fsp3) is 0.414. The Morgan fingerprint density at radius 1 is 1.11 bits per heavy atom. The minimum atomic E-state index is -1.08. The van der Waals surface area contributed by atoms with Gasteiger partial charge in [-0.1, -0.05) is 17.9 Å². The number of hydrogen-bond donors (Lipinski definition) is 1. The Balaban J connectivity index is 1.33. The zero-order chi connectivity index (χ0) is 24.6. The third-order valence-electron chi connectivity index (χ3n) is 6.93. The Kier molecular flexibility index (Phi) is 8.57. The highest BCUT2D eigenvalue weighted by Crippen LogP contribution is 2.35. The normalized spacial score (nSPS) is 19.1. The van der Waals surface area contributed by atoms with E-state index in [0.29, 0.717) is 30.2 Å². The summed E-state index contributed by atoms with van der Waals surface area (Å²) in [5, 5.41) is 10.8. The van der Waals surface area contributed by atoms with Crippen molar-refractivity contribution in [1.29, 1.82) is 0 Å². The second-order valence-electron chi connectivity index (χ2n) is 9.09. The van der Waals surface area contributed by atoms with Crippen molar-refractivity contribution < 1.29 is 19.0 Å². The molecule has 0 bridgehead atoms. The maximum absolute atomic E-state index is 15.4. The maximum Gasteiger partial charge on any atom is 0.126 e. The first kappa shape index (κ1) is 25.0. The number of alkyl halides is 1. The predicted molar refractivity (Wildman–Crippen MR) is 136 cm³/mol. The van der Waals surface area contributed by atoms with Gasteiger partial charge in [0.2, 0.25) is 0 Å². The van der Waals surface area contributed by atoms with Crippen molar-refractivity contribution in [2.45, 2.75) is 25.4 Å². The summed E-state index contributed by atoms with van der Waals surface area (Å²) >= 11 is 0. The number of pyridine rings is 1. The van der Waals surface area contributed by atoms with Crippen molar-refractivity contribution >= 4 is 10.9 Å². The van der Waals surface area contributed by atoms with E-state index < -0.39 is 6.17 Å². The van der Waals surface area contributed by atoms with Gasteiger partial charge in [0, 0.05) is 30.3 Å². The van der Waals surface area contributed by atoms with Gasteiger partial charge in [-0.25, -0.2) is 4.39 Å². The lowest BCUT2D eigenvalue weighted by molar-refractivity contribution is 0.0708. The molecule has 6 heteroatoms. The molecule has 2 heterocycles. The molecule has 1 aliphatic rings. The van der Waals surface area contributed by atoms with Gasteiger partial charge in [-0.2, -0.15) is 0 Å². The molecule has 0 saturated carbocycles. The number of fused-ring (bicyclic) bond motifs is 1. The number of nitrogens with zero attached hydrogens (tertiary/aromatic N) is 2. The fourth-order valence-electron chi connectivity index (χ4n) is 4.90. The van der Waals surface area contributed by atoms with Crippen molar-refractivity contribution in [2.24, 2.45) is 11.8 Å². The van der Waals surface area contributed by atoms with Gasteiger partial charge < -0.3 is 14.6 Å². The third-order valence-corrected chi connectivity index (χ3v) is 6.93. The van der Waals surface area contributed by atoms with Crippen LogP contribution in [0.3, 0.4) is 0 Å². The molecule has 3 atom stereocenters. The van der Waals surface area contributed by atoms with Gasteiger partial charge >= 0.3 is 0 Å². The van der Waals surface area contributed by atoms with Crippen LogP contribution in [0.15, 0.2) is 54.7 Å². The molecule has 2 aromatic carbocycles. The molecule has 4 rings (SSSR count). The molecule has 1 fully saturated rings. The number of methoxy groups -OCH3 is 2. The molecule has 1 N–H and O–H groups in total. The van der Waals surface area contributed by atoms with Gasteiger partial charge in [0.15, 0.2) is 0 Å². The quantitative estimate of drug-likeness (QED) is 0.463. The highest BCUT2D eigenvalue weighted by Gasteiger charge is 2.29. The lowest BCUT2D eigenvalue weighted by atomic mass is 9.81. The van der Waals surface area contributed by atoms with Crippen LogP contribution in [0.25, 0.3) is 10.9 Å². The van der Waals surface area contributed by atoms with Crippen LogP contribution in [0.1, 0.15) is 36.6 Å². The van der Waals surface area contributed by atoms with Gasteiger partial charge in [-0.05, 0) is 85.7 Å². The number of likely N-dealkylation sites (tertiary alicyclic amines) is 1. The molecule has 184 valence electrons. The summed E-state index contributed by atoms with van der Waals surface area (Å²) in [5.74, 6) is 8.35. The van der Waals surface area contributed by atoms with Gasteiger partial charge in [-0.3, -0.25) is 9.88 Å². The second kappa shape index (κ2) is 12.0. The average Bonchev–Trinajstić information content (AvgIpc) is 2.91. The summed E-state index contributed by atoms with van der Waals surface area (Å²) in [4.78, 5) is 6.64. The molecule has 5 nitrogen and oxygen atoms in total. The smallest absolute Gasteiger partial charge is 0.126 e. The van der Waals surface area contributed by atoms with Crippen LogP contribution in [0.2, 0.25) is 0 Å². The Bertz CT molecular complexity index is 1190. The SMILES string of the molecule is COc1cccc(C#CCN2CC[C@@H](CC[C@H](F)c3ccnc4ccc(OC)cc34)[C@@H](CO)C2)c1. The van der Waals surface area contributed by atoms with Crippen molar-refractivity contribution in [3.8, 4) is 23.3 Å². The maximum atomic E-state index is 15.4. The Hall–Kier alpha value is -3.14. The van der Waals surface area contributed by atoms with Crippen LogP contribution in [0, 0.1) is 23.7 Å². The number of hydrogen-bond acceptors (Lipinski definition) is 5. The van der Waals surface area contributed by atoms with Crippen LogP contribution >= 0.6 is 0 Å². The first-order valence-corrected chi connectivity index (χ1v) is 12.1. The molecule has 0 aliphatic carbocycles. The summed E-state index contributed by atoms with van der Waals surface area (Å²) in [6.45, 7) is 2.44. The highest BCUT2D eigenvalue weighted by atomic mass is 19.1. The van der Waals surface area contributed by atoms with E-state index in [1.54, 1.807) is 26.5 Å². The monoisotopic (exact) mass is 476 g/mol. The first-order chi connectivity index (χ1) is 17.1. The minimum Gasteiger partial charge on any atom is -0.497 e. The molecule has 0 unspecified atom stereocenters. The molecule has 0 spiro atoms. The lowest BCUT2D eigenvalue weighted by Crippen LogP contribution is -2.42. The summed E-state index contributed by atoms with van der Waals surface area (Å²) in [5.41, 5.74) is 2.34. The first-order valence-electron chi connectivity index (χ1n) is 12.1. The third kappa shape index (κ3) is 6.30. The van der Waals surface area contributed by atoms with E-state index in [4.69, 9.17) is 9.47 Å². The highest BCUT2D eigenvalue weighted by molar-refractivity contribution is 5.83. The Morgan fingerprint density at radius 3 is 2.74 bits per heavy atom. The predicted octanol–water partition coefficient (Wildman–Crippen LogP) is 5.02. The average molecular weight is 477 g/mol. The number of aromatic nitrogens is 1. The topological polar surface area (TPSA) is 54.8 Å². The van der Waals surface area contributed by atoms with Crippen molar-refractivity contribution in [1.82, 2.24) is 9.88 Å². The van der Waals surface area contributed by atoms with E-state index in [0.717, 1.165) is 48.1 Å². The molecule has 1 aliphatic heterocycles. The molecule has 35 heavy (non-hydrogen) atoms. The van der Waals surface area contributed by atoms with Gasteiger partial charge in [0.25, 0.3) is 0 Å². The number of halogens is 1. The molecule has 0 amide bonds. The number of aliphatic hydroxyl groups is 1. The van der Waals surface area contributed by atoms with Crippen LogP contribution in [-0.4, -0.2) is 55.5 Å². The summed E-state index contributed by atoms with van der Waals surface area (Å²) in [6.07, 6.45) is 2.68. The van der Waals surface area contributed by atoms with Gasteiger partial charge in [0.05, 0.1) is 26.3 Å². The Morgan fingerprint density at radius 2 is 1.94 bits per heavy atom. The number of aliphatic hydroxyl groups excluding tert-OH is 1. The van der Waals surface area contributed by atoms with E-state index in [1.165, 1.54) is 0 Å². The molecular weight excluding hydrogens is 443 g/mol. The Labute approximate surface area is 206 Å². The van der Waals surface area contributed by atoms with Gasteiger partial charge in [-0.15, -0.1) is 0 Å². The molecule has 0 radical (unpaired) electrons. The summed E-state index contributed by atoms with van der Waals surface area (Å²) < 4.78 is 25.9. The van der Waals surface area contributed by atoms with E-state index >= 15 is 4.39 Å². The minimum absolute atomic E-state index is 0.108. The van der Waals surface area contributed by atoms with Crippen LogP contribution in [0.4, 0.5) is 4.39 Å². The number of piperidine rings is 1. The number of rotatable bonds is 8. The van der Waals surface area contributed by atoms with Crippen molar-refractivity contribution in [2.75, 3.05) is 40.5 Å². The van der Waals surface area contributed by atoms with E-state index in [1.807, 2.05) is 42.5 Å². The molecule has 1 saturated heterocycles. The molecule has 1 aromatic heterocycles. The van der Waals surface area contributed by atoms with E-state index in [-0.39, 0.29) is 12.5 Å². The van der Waals surface area contributed by atoms with Crippen LogP contribution in [0.5, 0.6) is 11.5 Å². The summed E-state index contributed by atoms with van der Waals surface area (Å²) in [6, 6.07) is 15.0. The summed E-state index contributed by atoms with van der Waals surface area (Å²) in [7, 11) is 3.25. The zero-order valence-electron chi connectivity index (χ0n) is 20.4. The molecule has 3 aromatic rings. The molecular formula is C29H33FN2O3. The number of ether oxygens (including phenoxy) is 2. The van der Waals surface area contributed by atoms with Crippen LogP contribution in [-0.2, 0) is 0 Å². The van der Waals surface area contributed by atoms with Crippen molar-refractivity contribution in [3.63, 3.8) is 0 Å². The largest absolute Gasteiger partial charge is 0.497 e. The lowest BCUT2D eigenvalue weighted by Gasteiger charge is -2.37. The van der Waals surface area contributed by atoms with Crippen molar-refractivity contribution in [3.05, 3.63) is 65.9 Å². The zero-order valence-corrected chi connectivity index (χ0v) is 20.4. The van der Waals surface area contributed by atoms with Gasteiger partial charge in [0.1, 0.15) is 17.7 Å².